The Morgan fingerprint density at radius 1 is 1.14 bits per heavy atom. The molecule has 4 heteroatoms. The third-order valence-electron chi connectivity index (χ3n) is 5.80. The second-order valence-corrected chi connectivity index (χ2v) is 9.45. The van der Waals surface area contributed by atoms with Gasteiger partial charge >= 0.3 is 6.09 Å². The van der Waals surface area contributed by atoms with Crippen LogP contribution in [-0.2, 0) is 10.2 Å². The topological polar surface area (TPSA) is 41.6 Å². The number of likely N-dealkylation sites (N-methyl/N-ethyl adjacent to an activating group) is 1. The first-order chi connectivity index (χ1) is 13.1. The molecular weight excluding hydrogens is 348 g/mol. The number of alkyl carbamates (subject to hydrolysis) is 1. The summed E-state index contributed by atoms with van der Waals surface area (Å²) < 4.78 is 5.29. The molecule has 1 heterocycles. The van der Waals surface area contributed by atoms with Crippen LogP contribution in [0.5, 0.6) is 0 Å². The number of amides is 1. The lowest BCUT2D eigenvalue weighted by molar-refractivity contribution is 0.0527. The van der Waals surface area contributed by atoms with E-state index in [0.717, 1.165) is 19.3 Å². The second kappa shape index (κ2) is 7.65. The van der Waals surface area contributed by atoms with E-state index in [1.807, 2.05) is 20.8 Å². The zero-order valence-electron chi connectivity index (χ0n) is 18.1. The maximum absolute atomic E-state index is 11.8. The standard InChI is InChI=1S/C24H34N2O2/c1-23(2,3)28-22(27)25-16-10-9-13-20-24(4,5)21-18-12-8-7-11-17(18)14-15-19(21)26(20)6/h7-8,11-12,14-15,20H,9-10,13,16H2,1-6H3,(H,25,27). The summed E-state index contributed by atoms with van der Waals surface area (Å²) in [6, 6.07) is 13.6. The Morgan fingerprint density at radius 2 is 1.86 bits per heavy atom. The summed E-state index contributed by atoms with van der Waals surface area (Å²) in [4.78, 5) is 14.2. The van der Waals surface area contributed by atoms with E-state index in [0.29, 0.717) is 12.6 Å². The van der Waals surface area contributed by atoms with E-state index in [4.69, 9.17) is 4.74 Å². The molecule has 0 bridgehead atoms. The van der Waals surface area contributed by atoms with Gasteiger partial charge in [-0.15, -0.1) is 0 Å². The Kier molecular flexibility index (Phi) is 5.60. The molecule has 2 aromatic rings. The maximum Gasteiger partial charge on any atom is 0.407 e. The third kappa shape index (κ3) is 4.11. The minimum atomic E-state index is -0.449. The molecule has 0 spiro atoms. The number of anilines is 1. The van der Waals surface area contributed by atoms with Crippen molar-refractivity contribution >= 4 is 22.6 Å². The van der Waals surface area contributed by atoms with Gasteiger partial charge in [-0.25, -0.2) is 4.79 Å². The average Bonchev–Trinajstić information content (AvgIpc) is 2.80. The molecular formula is C24H34N2O2. The van der Waals surface area contributed by atoms with Crippen LogP contribution in [0.25, 0.3) is 10.8 Å². The van der Waals surface area contributed by atoms with E-state index in [-0.39, 0.29) is 11.5 Å². The molecule has 0 aliphatic carbocycles. The first-order valence-corrected chi connectivity index (χ1v) is 10.3. The second-order valence-electron chi connectivity index (χ2n) is 9.45. The van der Waals surface area contributed by atoms with Crippen molar-refractivity contribution in [3.8, 4) is 0 Å². The zero-order valence-corrected chi connectivity index (χ0v) is 18.1. The van der Waals surface area contributed by atoms with Gasteiger partial charge in [-0.3, -0.25) is 0 Å². The van der Waals surface area contributed by atoms with Crippen LogP contribution < -0.4 is 10.2 Å². The molecule has 28 heavy (non-hydrogen) atoms. The third-order valence-corrected chi connectivity index (χ3v) is 5.80. The van der Waals surface area contributed by atoms with E-state index in [2.05, 4.69) is 67.5 Å². The van der Waals surface area contributed by atoms with E-state index in [1.54, 1.807) is 0 Å². The molecule has 1 aliphatic heterocycles. The summed E-state index contributed by atoms with van der Waals surface area (Å²) in [7, 11) is 2.21. The predicted molar refractivity (Wildman–Crippen MR) is 117 cm³/mol. The van der Waals surface area contributed by atoms with Gasteiger partial charge < -0.3 is 15.0 Å². The highest BCUT2D eigenvalue weighted by molar-refractivity contribution is 5.93. The molecule has 4 nitrogen and oxygen atoms in total. The fourth-order valence-electron chi connectivity index (χ4n) is 4.57. The van der Waals surface area contributed by atoms with Crippen molar-refractivity contribution in [2.45, 2.75) is 70.9 Å². The highest BCUT2D eigenvalue weighted by atomic mass is 16.6. The van der Waals surface area contributed by atoms with Crippen molar-refractivity contribution in [2.24, 2.45) is 0 Å². The van der Waals surface area contributed by atoms with Crippen LogP contribution in [0, 0.1) is 0 Å². The minimum Gasteiger partial charge on any atom is -0.444 e. The van der Waals surface area contributed by atoms with Gasteiger partial charge in [-0.2, -0.15) is 0 Å². The Balaban J connectivity index is 1.61. The van der Waals surface area contributed by atoms with Gasteiger partial charge in [-0.1, -0.05) is 44.2 Å². The number of benzene rings is 2. The van der Waals surface area contributed by atoms with Crippen LogP contribution in [0.4, 0.5) is 10.5 Å². The quantitative estimate of drug-likeness (QED) is 0.681. The summed E-state index contributed by atoms with van der Waals surface area (Å²) >= 11 is 0. The highest BCUT2D eigenvalue weighted by Gasteiger charge is 2.43. The van der Waals surface area contributed by atoms with E-state index in [1.165, 1.54) is 22.0 Å². The Hall–Kier alpha value is -2.23. The molecule has 2 aromatic carbocycles. The van der Waals surface area contributed by atoms with Gasteiger partial charge in [0.05, 0.1) is 0 Å². The fourth-order valence-corrected chi connectivity index (χ4v) is 4.57. The minimum absolute atomic E-state index is 0.0868. The largest absolute Gasteiger partial charge is 0.444 e. The number of unbranched alkanes of at least 4 members (excludes halogenated alkanes) is 1. The van der Waals surface area contributed by atoms with Crippen LogP contribution in [-0.4, -0.2) is 31.3 Å². The van der Waals surface area contributed by atoms with Crippen molar-refractivity contribution in [3.63, 3.8) is 0 Å². The lowest BCUT2D eigenvalue weighted by atomic mass is 9.77. The van der Waals surface area contributed by atoms with Crippen molar-refractivity contribution in [1.29, 1.82) is 0 Å². The normalized spacial score (nSPS) is 18.2. The van der Waals surface area contributed by atoms with Crippen LogP contribution >= 0.6 is 0 Å². The van der Waals surface area contributed by atoms with Gasteiger partial charge in [0.2, 0.25) is 0 Å². The van der Waals surface area contributed by atoms with E-state index < -0.39 is 5.60 Å². The van der Waals surface area contributed by atoms with Gasteiger partial charge in [0, 0.05) is 30.7 Å². The maximum atomic E-state index is 11.8. The SMILES string of the molecule is CN1c2ccc3ccccc3c2C(C)(C)C1CCCCNC(=O)OC(C)(C)C. The van der Waals surface area contributed by atoms with E-state index >= 15 is 0 Å². The molecule has 152 valence electrons. The molecule has 1 aliphatic rings. The molecule has 0 fully saturated rings. The first kappa shape index (κ1) is 20.5. The summed E-state index contributed by atoms with van der Waals surface area (Å²) in [6.07, 6.45) is 2.80. The molecule has 3 rings (SSSR count). The molecule has 1 atom stereocenters. The number of nitrogens with one attached hydrogen (secondary N) is 1. The lowest BCUT2D eigenvalue weighted by Gasteiger charge is -2.32. The number of carbonyl (C=O) groups excluding carboxylic acids is 1. The molecule has 1 unspecified atom stereocenters. The number of hydrogen-bond acceptors (Lipinski definition) is 3. The molecule has 1 amide bonds. The van der Waals surface area contributed by atoms with Gasteiger partial charge in [0.25, 0.3) is 0 Å². The number of carbonyl (C=O) groups is 1. The molecule has 0 saturated carbocycles. The Bertz CT molecular complexity index is 851. The van der Waals surface area contributed by atoms with Gasteiger partial charge in [0.1, 0.15) is 5.60 Å². The zero-order chi connectivity index (χ0) is 20.5. The van der Waals surface area contributed by atoms with Crippen LogP contribution in [0.15, 0.2) is 36.4 Å². The highest BCUT2D eigenvalue weighted by Crippen LogP contribution is 2.49. The van der Waals surface area contributed by atoms with Crippen molar-refractivity contribution in [2.75, 3.05) is 18.5 Å². The number of nitrogens with zero attached hydrogens (tertiary/aromatic N) is 1. The monoisotopic (exact) mass is 382 g/mol. The van der Waals surface area contributed by atoms with Crippen molar-refractivity contribution < 1.29 is 9.53 Å². The number of ether oxygens (including phenoxy) is 1. The molecule has 0 radical (unpaired) electrons. The molecule has 1 N–H and O–H groups in total. The average molecular weight is 383 g/mol. The Morgan fingerprint density at radius 3 is 2.57 bits per heavy atom. The number of hydrogen-bond donors (Lipinski definition) is 1. The predicted octanol–water partition coefficient (Wildman–Crippen LogP) is 5.63. The van der Waals surface area contributed by atoms with Crippen LogP contribution in [0.1, 0.15) is 59.4 Å². The summed E-state index contributed by atoms with van der Waals surface area (Å²) in [5.41, 5.74) is 2.45. The molecule has 0 aromatic heterocycles. The summed E-state index contributed by atoms with van der Waals surface area (Å²) in [5.74, 6) is 0. The smallest absolute Gasteiger partial charge is 0.407 e. The first-order valence-electron chi connectivity index (χ1n) is 10.3. The van der Waals surface area contributed by atoms with Crippen LogP contribution in [0.2, 0.25) is 0 Å². The fraction of sp³-hybridized carbons (Fsp3) is 0.542. The Labute approximate surface area is 169 Å². The number of rotatable bonds is 5. The van der Waals surface area contributed by atoms with E-state index in [9.17, 15) is 4.79 Å². The summed E-state index contributed by atoms with van der Waals surface area (Å²) in [5, 5.41) is 5.54. The lowest BCUT2D eigenvalue weighted by Crippen LogP contribution is -2.39. The molecule has 0 saturated heterocycles. The number of fused-ring (bicyclic) bond motifs is 3. The van der Waals surface area contributed by atoms with Crippen molar-refractivity contribution in [1.82, 2.24) is 5.32 Å². The van der Waals surface area contributed by atoms with Crippen molar-refractivity contribution in [3.05, 3.63) is 42.0 Å². The van der Waals surface area contributed by atoms with Crippen LogP contribution in [0.3, 0.4) is 0 Å². The summed E-state index contributed by atoms with van der Waals surface area (Å²) in [6.45, 7) is 11.0. The van der Waals surface area contributed by atoms with Gasteiger partial charge in [0.15, 0.2) is 0 Å². The van der Waals surface area contributed by atoms with Gasteiger partial charge in [-0.05, 0) is 62.4 Å².